The first-order chi connectivity index (χ1) is 14.8. The lowest BCUT2D eigenvalue weighted by molar-refractivity contribution is -0.146. The first kappa shape index (κ1) is 22.2. The number of nitriles is 1. The smallest absolute Gasteiger partial charge is 0.312 e. The molecule has 1 saturated heterocycles. The highest BCUT2D eigenvalue weighted by atomic mass is 16.5. The van der Waals surface area contributed by atoms with E-state index in [9.17, 15) is 14.9 Å². The number of methoxy groups -OCH3 is 1. The summed E-state index contributed by atoms with van der Waals surface area (Å²) in [6, 6.07) is 14.8. The van der Waals surface area contributed by atoms with E-state index >= 15 is 0 Å². The van der Waals surface area contributed by atoms with Crippen LogP contribution in [0.15, 0.2) is 42.5 Å². The van der Waals surface area contributed by atoms with E-state index in [-0.39, 0.29) is 17.8 Å². The van der Waals surface area contributed by atoms with Crippen molar-refractivity contribution in [1.82, 2.24) is 0 Å². The van der Waals surface area contributed by atoms with Gasteiger partial charge in [-0.25, -0.2) is 0 Å². The molecule has 2 aromatic carbocycles. The van der Waals surface area contributed by atoms with E-state index in [0.29, 0.717) is 35.8 Å². The largest absolute Gasteiger partial charge is 0.476 e. The van der Waals surface area contributed by atoms with Crippen molar-refractivity contribution in [2.24, 2.45) is 5.92 Å². The summed E-state index contributed by atoms with van der Waals surface area (Å²) in [5.41, 5.74) is 1.63. The summed E-state index contributed by atoms with van der Waals surface area (Å²) < 4.78 is 10.7. The number of amides is 1. The maximum absolute atomic E-state index is 13.2. The number of carbonyl (C=O) groups is 2. The van der Waals surface area contributed by atoms with Crippen molar-refractivity contribution in [2.75, 3.05) is 30.0 Å². The van der Waals surface area contributed by atoms with Crippen LogP contribution in [0.25, 0.3) is 0 Å². The Bertz CT molecular complexity index is 1040. The molecule has 0 aliphatic carbocycles. The summed E-state index contributed by atoms with van der Waals surface area (Å²) in [5.74, 6) is -0.0286. The second-order valence-corrected chi connectivity index (χ2v) is 7.69. The second-order valence-electron chi connectivity index (χ2n) is 7.69. The lowest BCUT2D eigenvalue weighted by atomic mass is 9.98. The molecule has 1 fully saturated rings. The van der Waals surface area contributed by atoms with Crippen LogP contribution in [0.4, 0.5) is 17.1 Å². The second kappa shape index (κ2) is 8.68. The Morgan fingerprint density at radius 1 is 1.16 bits per heavy atom. The Balaban J connectivity index is 0.00000132. The number of anilines is 3. The highest BCUT2D eigenvalue weighted by Gasteiger charge is 2.42. The van der Waals surface area contributed by atoms with Gasteiger partial charge in [0.15, 0.2) is 5.60 Å². The molecule has 0 unspecified atom stereocenters. The molecule has 31 heavy (non-hydrogen) atoms. The van der Waals surface area contributed by atoms with Gasteiger partial charge in [0.1, 0.15) is 5.75 Å². The van der Waals surface area contributed by atoms with Crippen LogP contribution in [0.2, 0.25) is 0 Å². The van der Waals surface area contributed by atoms with E-state index in [1.807, 2.05) is 38.1 Å². The van der Waals surface area contributed by atoms with Gasteiger partial charge in [0, 0.05) is 24.8 Å². The van der Waals surface area contributed by atoms with Crippen molar-refractivity contribution in [2.45, 2.75) is 33.3 Å². The number of hydrogen-bond donors (Lipinski definition) is 0. The molecule has 2 heterocycles. The summed E-state index contributed by atoms with van der Waals surface area (Å²) >= 11 is 0. The molecular formula is C24H27N3O4. The molecule has 7 heteroatoms. The lowest BCUT2D eigenvalue weighted by Gasteiger charge is -2.41. The topological polar surface area (TPSA) is 82.9 Å². The van der Waals surface area contributed by atoms with Gasteiger partial charge in [0.05, 0.1) is 36.0 Å². The summed E-state index contributed by atoms with van der Waals surface area (Å²) in [5, 5.41) is 9.19. The fourth-order valence-electron chi connectivity index (χ4n) is 3.64. The number of carbonyl (C=O) groups excluding carboxylic acids is 2. The van der Waals surface area contributed by atoms with Crippen LogP contribution in [-0.2, 0) is 14.3 Å². The minimum absolute atomic E-state index is 0.127. The third kappa shape index (κ3) is 4.06. The van der Waals surface area contributed by atoms with E-state index in [1.165, 1.54) is 7.11 Å². The van der Waals surface area contributed by atoms with Crippen molar-refractivity contribution in [3.63, 3.8) is 0 Å². The van der Waals surface area contributed by atoms with Crippen LogP contribution in [0, 0.1) is 17.2 Å². The molecule has 162 valence electrons. The molecule has 0 spiro atoms. The predicted molar refractivity (Wildman–Crippen MR) is 119 cm³/mol. The zero-order valence-electron chi connectivity index (χ0n) is 18.5. The zero-order valence-corrected chi connectivity index (χ0v) is 18.5. The third-order valence-corrected chi connectivity index (χ3v) is 5.28. The average molecular weight is 421 g/mol. The normalized spacial score (nSPS) is 16.7. The number of benzene rings is 2. The molecular weight excluding hydrogens is 394 g/mol. The van der Waals surface area contributed by atoms with Gasteiger partial charge in [-0.3, -0.25) is 14.5 Å². The number of fused-ring (bicyclic) bond motifs is 1. The van der Waals surface area contributed by atoms with Crippen molar-refractivity contribution in [3.05, 3.63) is 48.0 Å². The van der Waals surface area contributed by atoms with Crippen molar-refractivity contribution in [1.29, 1.82) is 5.26 Å². The molecule has 1 amide bonds. The summed E-state index contributed by atoms with van der Waals surface area (Å²) in [6.45, 7) is 8.59. The van der Waals surface area contributed by atoms with Crippen molar-refractivity contribution < 1.29 is 19.1 Å². The Hall–Kier alpha value is -3.53. The molecule has 2 aromatic rings. The first-order valence-corrected chi connectivity index (χ1v) is 10.3. The monoisotopic (exact) mass is 421 g/mol. The van der Waals surface area contributed by atoms with Crippen LogP contribution in [-0.4, -0.2) is 37.7 Å². The van der Waals surface area contributed by atoms with Gasteiger partial charge in [-0.1, -0.05) is 19.9 Å². The molecule has 2 aliphatic rings. The fourth-order valence-corrected chi connectivity index (χ4v) is 3.64. The number of esters is 1. The molecule has 0 N–H and O–H groups in total. The van der Waals surface area contributed by atoms with Gasteiger partial charge < -0.3 is 14.4 Å². The number of nitrogens with zero attached hydrogens (tertiary/aromatic N) is 3. The summed E-state index contributed by atoms with van der Waals surface area (Å²) in [4.78, 5) is 28.5. The maximum Gasteiger partial charge on any atom is 0.312 e. The Morgan fingerprint density at radius 3 is 2.48 bits per heavy atom. The molecule has 0 atom stereocenters. The molecule has 2 aliphatic heterocycles. The van der Waals surface area contributed by atoms with E-state index in [0.717, 1.165) is 5.69 Å². The quantitative estimate of drug-likeness (QED) is 0.696. The van der Waals surface area contributed by atoms with Gasteiger partial charge in [-0.2, -0.15) is 5.26 Å². The lowest BCUT2D eigenvalue weighted by Crippen LogP contribution is -2.51. The van der Waals surface area contributed by atoms with E-state index in [1.54, 1.807) is 36.9 Å². The van der Waals surface area contributed by atoms with E-state index < -0.39 is 5.60 Å². The fraction of sp³-hybridized carbons (Fsp3) is 0.375. The minimum Gasteiger partial charge on any atom is -0.476 e. The van der Waals surface area contributed by atoms with E-state index in [2.05, 4.69) is 11.0 Å². The highest BCUT2D eigenvalue weighted by molar-refractivity contribution is 6.08. The van der Waals surface area contributed by atoms with Gasteiger partial charge in [-0.15, -0.1) is 0 Å². The van der Waals surface area contributed by atoms with E-state index in [4.69, 9.17) is 9.47 Å². The Labute approximate surface area is 182 Å². The highest BCUT2D eigenvalue weighted by Crippen LogP contribution is 2.43. The predicted octanol–water partition coefficient (Wildman–Crippen LogP) is 4.03. The maximum atomic E-state index is 13.2. The van der Waals surface area contributed by atoms with Crippen LogP contribution in [0.1, 0.15) is 33.3 Å². The number of rotatable bonds is 3. The van der Waals surface area contributed by atoms with Gasteiger partial charge in [-0.05, 0) is 44.2 Å². The standard InChI is InChI=1S/C22H21N3O4.C2H6/c1-22(2)21(27)25(18-8-7-14(11-23)9-19(18)29-22)17-6-4-5-16(10-17)24-12-15(13-24)20(26)28-3;1-2/h4-10,15H,12-13H2,1-3H3;1-2H3. The molecule has 0 saturated carbocycles. The molecule has 7 nitrogen and oxygen atoms in total. The Morgan fingerprint density at radius 2 is 1.84 bits per heavy atom. The number of hydrogen-bond acceptors (Lipinski definition) is 6. The van der Waals surface area contributed by atoms with Crippen LogP contribution < -0.4 is 14.5 Å². The van der Waals surface area contributed by atoms with Crippen molar-refractivity contribution in [3.8, 4) is 11.8 Å². The van der Waals surface area contributed by atoms with Gasteiger partial charge >= 0.3 is 5.97 Å². The SMILES string of the molecule is CC.COC(=O)C1CN(c2cccc(N3C(=O)C(C)(C)Oc4cc(C#N)ccc43)c2)C1. The zero-order chi connectivity index (χ0) is 22.8. The first-order valence-electron chi connectivity index (χ1n) is 10.3. The molecule has 0 bridgehead atoms. The van der Waals surface area contributed by atoms with Crippen LogP contribution in [0.5, 0.6) is 5.75 Å². The van der Waals surface area contributed by atoms with Gasteiger partial charge in [0.2, 0.25) is 0 Å². The molecule has 4 rings (SSSR count). The third-order valence-electron chi connectivity index (χ3n) is 5.28. The van der Waals surface area contributed by atoms with Crippen LogP contribution >= 0.6 is 0 Å². The molecule has 0 radical (unpaired) electrons. The van der Waals surface area contributed by atoms with Crippen LogP contribution in [0.3, 0.4) is 0 Å². The average Bonchev–Trinajstić information content (AvgIpc) is 2.74. The minimum atomic E-state index is -1.07. The number of ether oxygens (including phenoxy) is 2. The Kier molecular flexibility index (Phi) is 6.21. The van der Waals surface area contributed by atoms with Crippen molar-refractivity contribution >= 4 is 28.9 Å². The van der Waals surface area contributed by atoms with Gasteiger partial charge in [0.25, 0.3) is 5.91 Å². The molecule has 0 aromatic heterocycles. The summed E-state index contributed by atoms with van der Waals surface area (Å²) in [7, 11) is 1.40. The summed E-state index contributed by atoms with van der Waals surface area (Å²) in [6.07, 6.45) is 0.